The third-order valence-electron chi connectivity index (χ3n) is 14.3. The van der Waals surface area contributed by atoms with Crippen LogP contribution in [-0.2, 0) is 15.5 Å². The summed E-state index contributed by atoms with van der Waals surface area (Å²) in [4.78, 5) is 6.99. The van der Waals surface area contributed by atoms with Crippen LogP contribution in [0.25, 0.3) is 32.6 Å². The summed E-state index contributed by atoms with van der Waals surface area (Å²) < 4.78 is 36.9. The first-order chi connectivity index (χ1) is 36.2. The van der Waals surface area contributed by atoms with Gasteiger partial charge in [-0.15, -0.1) is 20.4 Å². The second kappa shape index (κ2) is 24.7. The van der Waals surface area contributed by atoms with Crippen molar-refractivity contribution in [3.63, 3.8) is 0 Å². The fourth-order valence-corrected chi connectivity index (χ4v) is 10.7. The summed E-state index contributed by atoms with van der Waals surface area (Å²) in [7, 11) is -2.60. The lowest BCUT2D eigenvalue weighted by molar-refractivity contribution is 0.165. The van der Waals surface area contributed by atoms with Gasteiger partial charge in [-0.25, -0.2) is 9.69 Å². The summed E-state index contributed by atoms with van der Waals surface area (Å²) >= 11 is 12.9. The first-order valence-corrected chi connectivity index (χ1v) is 31.8. The van der Waals surface area contributed by atoms with E-state index in [1.807, 2.05) is 88.4 Å². The molecule has 0 spiro atoms. The Bertz CT molecular complexity index is 3200. The average Bonchev–Trinajstić information content (AvgIpc) is 4.09. The van der Waals surface area contributed by atoms with Crippen molar-refractivity contribution >= 4 is 62.6 Å². The molecule has 0 aliphatic rings. The molecule has 0 fully saturated rings. The van der Waals surface area contributed by atoms with Crippen LogP contribution in [0, 0.1) is 27.0 Å². The second-order valence-electron chi connectivity index (χ2n) is 21.9. The van der Waals surface area contributed by atoms with Gasteiger partial charge in [0, 0.05) is 22.5 Å². The van der Waals surface area contributed by atoms with E-state index < -0.39 is 28.7 Å². The number of methoxy groups -OCH3 is 1. The molecular formula is C58H70Cl2N8O7Si2. The van der Waals surface area contributed by atoms with Crippen molar-refractivity contribution in [2.24, 2.45) is 0 Å². The predicted octanol–water partition coefficient (Wildman–Crippen LogP) is 16.9. The van der Waals surface area contributed by atoms with E-state index in [-0.39, 0.29) is 28.0 Å². The number of hydrogen-bond acceptors (Lipinski definition) is 13. The number of rotatable bonds is 18. The number of nitrogens with zero attached hydrogens (tertiary/aromatic N) is 6. The van der Waals surface area contributed by atoms with E-state index in [9.17, 15) is 5.11 Å². The zero-order chi connectivity index (χ0) is 56.6. The van der Waals surface area contributed by atoms with Gasteiger partial charge in [-0.1, -0.05) is 89.0 Å². The second-order valence-corrected chi connectivity index (χ2v) is 32.1. The van der Waals surface area contributed by atoms with Crippen LogP contribution < -0.4 is 20.1 Å². The Morgan fingerprint density at radius 3 is 1.36 bits per heavy atom. The van der Waals surface area contributed by atoms with E-state index in [0.29, 0.717) is 57.2 Å². The molecule has 2 heterocycles. The van der Waals surface area contributed by atoms with Crippen LogP contribution in [-0.4, -0.2) is 61.5 Å². The molecule has 0 aliphatic heterocycles. The van der Waals surface area contributed by atoms with E-state index in [4.69, 9.17) is 63.5 Å². The van der Waals surface area contributed by atoms with E-state index in [2.05, 4.69) is 108 Å². The minimum absolute atomic E-state index is 0.0134. The quantitative estimate of drug-likeness (QED) is 0.0549. The number of hydrogen-bond donors (Lipinski definition) is 3. The molecule has 0 saturated heterocycles. The van der Waals surface area contributed by atoms with E-state index in [0.717, 1.165) is 45.1 Å². The Kier molecular flexibility index (Phi) is 19.1. The van der Waals surface area contributed by atoms with E-state index in [1.54, 1.807) is 43.5 Å². The number of nitrogens with one attached hydrogen (secondary N) is 2. The van der Waals surface area contributed by atoms with Gasteiger partial charge in [0.25, 0.3) is 0 Å². The first kappa shape index (κ1) is 59.5. The maximum atomic E-state index is 9.57. The van der Waals surface area contributed by atoms with Crippen molar-refractivity contribution < 1.29 is 32.3 Å². The van der Waals surface area contributed by atoms with Crippen LogP contribution in [0.3, 0.4) is 0 Å². The molecule has 7 rings (SSSR count). The summed E-state index contributed by atoms with van der Waals surface area (Å²) in [6.45, 7) is 44.9. The van der Waals surface area contributed by atoms with Crippen LogP contribution in [0.1, 0.15) is 95.9 Å². The Labute approximate surface area is 465 Å². The van der Waals surface area contributed by atoms with Gasteiger partial charge in [0.2, 0.25) is 34.9 Å². The standard InChI is InChI=1S/C33H39ClN4O4Si.C25H31ClN4O3Si/c1-21-27(18-19-28(35-6)29(21)34)36-30(22(2)42-43(8,9)33(3,4)5)32-38-37-31(41-32)24-12-16-26(17-13-24)40-20-23-10-14-25(39-7)15-11-23;1-15-19(13-14-20(27-6)21(15)26)28-22(16(2)33-34(7,8)25(3,4)5)24-30-29-23(32-24)17-9-11-18(31)12-10-17/h10-19,22,30,36H,20H2,1-5,7-9H3;9-14,16,22,28,31H,1-5,7-8H3/t22-,30+;16-,22+/m00/s1. The number of halogens is 2. The van der Waals surface area contributed by atoms with Gasteiger partial charge in [0.05, 0.1) is 42.5 Å². The number of aromatic hydroxyl groups is 1. The molecule has 406 valence electrons. The molecule has 0 bridgehead atoms. The van der Waals surface area contributed by atoms with E-state index >= 15 is 0 Å². The van der Waals surface area contributed by atoms with Crippen molar-refractivity contribution in [3.8, 4) is 40.2 Å². The normalized spacial score (nSPS) is 13.5. The average molecular weight is 1120 g/mol. The molecule has 5 aromatic carbocycles. The highest BCUT2D eigenvalue weighted by atomic mass is 35.5. The van der Waals surface area contributed by atoms with Gasteiger partial charge in [-0.2, -0.15) is 0 Å². The molecule has 0 saturated carbocycles. The van der Waals surface area contributed by atoms with Crippen LogP contribution in [0.4, 0.5) is 22.7 Å². The molecule has 15 nitrogen and oxygen atoms in total. The van der Waals surface area contributed by atoms with Crippen LogP contribution in [0.15, 0.2) is 106 Å². The fraction of sp³-hybridized carbons (Fsp3) is 0.379. The molecule has 0 amide bonds. The van der Waals surface area contributed by atoms with Gasteiger partial charge >= 0.3 is 0 Å². The third kappa shape index (κ3) is 14.7. The number of aromatic nitrogens is 4. The Hall–Kier alpha value is -6.71. The molecule has 0 aliphatic carbocycles. The topological polar surface area (TPSA) is 168 Å². The molecule has 7 aromatic rings. The number of ether oxygens (including phenoxy) is 2. The summed E-state index contributed by atoms with van der Waals surface area (Å²) in [5, 5.41) is 34.8. The van der Waals surface area contributed by atoms with Crippen molar-refractivity contribution in [1.29, 1.82) is 0 Å². The number of anilines is 2. The first-order valence-electron chi connectivity index (χ1n) is 25.2. The largest absolute Gasteiger partial charge is 0.508 e. The van der Waals surface area contributed by atoms with Gasteiger partial charge in [-0.3, -0.25) is 0 Å². The SMILES string of the molecule is [C-]#[N+]c1ccc(N[C@@H](c2nnc(-c3ccc(O)cc3)o2)[C@H](C)O[Si](C)(C)C(C)(C)C)c(C)c1Cl.[C-]#[N+]c1ccc(N[C@@H](c2nnc(-c3ccc(OCc4ccc(OC)cc4)cc3)o2)[C@H](C)O[Si](C)(C)C(C)(C)C)c(C)c1Cl. The van der Waals surface area contributed by atoms with Crippen molar-refractivity contribution in [3.05, 3.63) is 158 Å². The number of benzene rings is 5. The molecular weight excluding hydrogens is 1050 g/mol. The van der Waals surface area contributed by atoms with Crippen LogP contribution >= 0.6 is 23.2 Å². The lowest BCUT2D eigenvalue weighted by Gasteiger charge is -2.40. The molecule has 3 N–H and O–H groups in total. The zero-order valence-electron chi connectivity index (χ0n) is 46.6. The maximum Gasteiger partial charge on any atom is 0.247 e. The fourth-order valence-electron chi connectivity index (χ4n) is 7.48. The monoisotopic (exact) mass is 1120 g/mol. The number of phenols is 1. The highest BCUT2D eigenvalue weighted by molar-refractivity contribution is 6.74. The summed E-state index contributed by atoms with van der Waals surface area (Å²) in [5.74, 6) is 3.20. The van der Waals surface area contributed by atoms with Crippen molar-refractivity contribution in [2.45, 2.75) is 136 Å². The minimum atomic E-state index is -2.14. The van der Waals surface area contributed by atoms with Crippen molar-refractivity contribution in [2.75, 3.05) is 17.7 Å². The summed E-state index contributed by atoms with van der Waals surface area (Å²) in [5.41, 5.74) is 6.38. The molecule has 0 unspecified atom stereocenters. The van der Waals surface area contributed by atoms with E-state index in [1.165, 1.54) is 0 Å². The Balaban J connectivity index is 0.000000257. The lowest BCUT2D eigenvalue weighted by Crippen LogP contribution is -2.45. The molecule has 4 atom stereocenters. The molecule has 77 heavy (non-hydrogen) atoms. The molecule has 0 radical (unpaired) electrons. The zero-order valence-corrected chi connectivity index (χ0v) is 50.1. The number of phenolic OH excluding ortho intramolecular Hbond substituents is 1. The van der Waals surface area contributed by atoms with Gasteiger partial charge in [0.1, 0.15) is 35.9 Å². The molecule has 19 heteroatoms. The van der Waals surface area contributed by atoms with Gasteiger partial charge in [-0.05, 0) is 153 Å². The highest BCUT2D eigenvalue weighted by Gasteiger charge is 2.42. The predicted molar refractivity (Wildman–Crippen MR) is 312 cm³/mol. The third-order valence-corrected chi connectivity index (χ3v) is 24.4. The maximum absolute atomic E-state index is 9.57. The summed E-state index contributed by atoms with van der Waals surface area (Å²) in [6, 6.07) is 28.1. The molecule has 2 aromatic heterocycles. The van der Waals surface area contributed by atoms with Crippen molar-refractivity contribution in [1.82, 2.24) is 20.4 Å². The lowest BCUT2D eigenvalue weighted by atomic mass is 10.1. The van der Waals surface area contributed by atoms with Gasteiger partial charge in [0.15, 0.2) is 16.6 Å². The Morgan fingerprint density at radius 2 is 0.987 bits per heavy atom. The van der Waals surface area contributed by atoms with Crippen LogP contribution in [0.2, 0.25) is 46.3 Å². The highest BCUT2D eigenvalue weighted by Crippen LogP contribution is 2.43. The minimum Gasteiger partial charge on any atom is -0.508 e. The smallest absolute Gasteiger partial charge is 0.247 e. The Morgan fingerprint density at radius 1 is 0.597 bits per heavy atom. The summed E-state index contributed by atoms with van der Waals surface area (Å²) in [6.07, 6.45) is -0.602. The van der Waals surface area contributed by atoms with Gasteiger partial charge < -0.3 is 42.9 Å². The van der Waals surface area contributed by atoms with Crippen LogP contribution in [0.5, 0.6) is 17.2 Å².